The Morgan fingerprint density at radius 1 is 1.47 bits per heavy atom. The van der Waals surface area contributed by atoms with Gasteiger partial charge >= 0.3 is 0 Å². The van der Waals surface area contributed by atoms with Gasteiger partial charge in [0.1, 0.15) is 5.75 Å². The van der Waals surface area contributed by atoms with E-state index in [9.17, 15) is 4.79 Å². The standard InChI is InChI=1S/C15H22N2O2/c1-9(2)14(16)15(18)17-12-8-7-11-10(12)5-4-6-13(11)19-3/h4-6,9,12,14H,7-8,16H2,1-3H3,(H,17,18)/t12?,14-/m0/s1. The van der Waals surface area contributed by atoms with E-state index in [0.717, 1.165) is 24.2 Å². The molecule has 0 aliphatic heterocycles. The molecular formula is C15H22N2O2. The average Bonchev–Trinajstić information content (AvgIpc) is 2.80. The third-order valence-corrected chi connectivity index (χ3v) is 3.79. The van der Waals surface area contributed by atoms with Crippen molar-refractivity contribution in [3.05, 3.63) is 29.3 Å². The van der Waals surface area contributed by atoms with Crippen LogP contribution in [-0.4, -0.2) is 19.1 Å². The van der Waals surface area contributed by atoms with Crippen LogP contribution >= 0.6 is 0 Å². The quantitative estimate of drug-likeness (QED) is 0.869. The van der Waals surface area contributed by atoms with Gasteiger partial charge in [-0.15, -0.1) is 0 Å². The zero-order valence-corrected chi connectivity index (χ0v) is 11.8. The summed E-state index contributed by atoms with van der Waals surface area (Å²) >= 11 is 0. The number of nitrogens with one attached hydrogen (secondary N) is 1. The second kappa shape index (κ2) is 5.61. The molecule has 1 aliphatic carbocycles. The second-order valence-electron chi connectivity index (χ2n) is 5.40. The first-order valence-corrected chi connectivity index (χ1v) is 6.76. The molecule has 2 rings (SSSR count). The molecule has 0 saturated carbocycles. The summed E-state index contributed by atoms with van der Waals surface area (Å²) in [5, 5.41) is 3.05. The summed E-state index contributed by atoms with van der Waals surface area (Å²) < 4.78 is 5.36. The molecule has 0 bridgehead atoms. The van der Waals surface area contributed by atoms with Crippen LogP contribution in [0, 0.1) is 5.92 Å². The monoisotopic (exact) mass is 262 g/mol. The van der Waals surface area contributed by atoms with Gasteiger partial charge in [0.25, 0.3) is 0 Å². The Balaban J connectivity index is 2.13. The fraction of sp³-hybridized carbons (Fsp3) is 0.533. The zero-order valence-electron chi connectivity index (χ0n) is 11.8. The summed E-state index contributed by atoms with van der Waals surface area (Å²) in [4.78, 5) is 12.0. The van der Waals surface area contributed by atoms with Crippen LogP contribution in [0.5, 0.6) is 5.75 Å². The van der Waals surface area contributed by atoms with E-state index in [2.05, 4.69) is 11.4 Å². The molecule has 0 aromatic heterocycles. The summed E-state index contributed by atoms with van der Waals surface area (Å²) in [6.45, 7) is 3.91. The molecule has 19 heavy (non-hydrogen) atoms. The average molecular weight is 262 g/mol. The number of hydrogen-bond donors (Lipinski definition) is 2. The molecule has 1 aromatic rings. The molecule has 0 spiro atoms. The molecule has 0 heterocycles. The largest absolute Gasteiger partial charge is 0.496 e. The molecule has 0 saturated heterocycles. The minimum atomic E-state index is -0.449. The Morgan fingerprint density at radius 3 is 2.84 bits per heavy atom. The van der Waals surface area contributed by atoms with Crippen LogP contribution in [0.25, 0.3) is 0 Å². The minimum absolute atomic E-state index is 0.0578. The molecule has 0 fully saturated rings. The van der Waals surface area contributed by atoms with E-state index >= 15 is 0 Å². The summed E-state index contributed by atoms with van der Waals surface area (Å²) in [6, 6.07) is 5.58. The molecule has 1 aromatic carbocycles. The highest BCUT2D eigenvalue weighted by Crippen LogP contribution is 2.36. The second-order valence-corrected chi connectivity index (χ2v) is 5.40. The number of amides is 1. The van der Waals surface area contributed by atoms with Gasteiger partial charge in [-0.2, -0.15) is 0 Å². The number of nitrogens with two attached hydrogens (primary N) is 1. The molecule has 1 amide bonds. The first-order valence-electron chi connectivity index (χ1n) is 6.76. The third kappa shape index (κ3) is 2.73. The van der Waals surface area contributed by atoms with Crippen molar-refractivity contribution in [2.75, 3.05) is 7.11 Å². The van der Waals surface area contributed by atoms with E-state index in [0.29, 0.717) is 0 Å². The van der Waals surface area contributed by atoms with Gasteiger partial charge in [0, 0.05) is 0 Å². The van der Waals surface area contributed by atoms with Crippen molar-refractivity contribution in [1.29, 1.82) is 0 Å². The Labute approximate surface area is 114 Å². The summed E-state index contributed by atoms with van der Waals surface area (Å²) in [5.74, 6) is 0.976. The summed E-state index contributed by atoms with van der Waals surface area (Å²) in [7, 11) is 1.68. The van der Waals surface area contributed by atoms with Gasteiger partial charge < -0.3 is 15.8 Å². The van der Waals surface area contributed by atoms with E-state index in [4.69, 9.17) is 10.5 Å². The smallest absolute Gasteiger partial charge is 0.237 e. The van der Waals surface area contributed by atoms with Crippen LogP contribution in [0.4, 0.5) is 0 Å². The van der Waals surface area contributed by atoms with Crippen molar-refractivity contribution in [3.8, 4) is 5.75 Å². The fourth-order valence-corrected chi connectivity index (χ4v) is 2.53. The highest BCUT2D eigenvalue weighted by atomic mass is 16.5. The van der Waals surface area contributed by atoms with Crippen LogP contribution in [0.1, 0.15) is 37.4 Å². The first-order chi connectivity index (χ1) is 9.04. The van der Waals surface area contributed by atoms with Crippen LogP contribution in [0.15, 0.2) is 18.2 Å². The number of carbonyl (C=O) groups excluding carboxylic acids is 1. The third-order valence-electron chi connectivity index (χ3n) is 3.79. The Kier molecular flexibility index (Phi) is 4.10. The lowest BCUT2D eigenvalue weighted by Gasteiger charge is -2.20. The molecule has 4 nitrogen and oxygen atoms in total. The Hall–Kier alpha value is -1.55. The van der Waals surface area contributed by atoms with Crippen molar-refractivity contribution < 1.29 is 9.53 Å². The van der Waals surface area contributed by atoms with Crippen LogP contribution in [0.3, 0.4) is 0 Å². The van der Waals surface area contributed by atoms with Gasteiger partial charge in [-0.1, -0.05) is 26.0 Å². The maximum absolute atomic E-state index is 12.0. The van der Waals surface area contributed by atoms with Gasteiger partial charge in [0.15, 0.2) is 0 Å². The lowest BCUT2D eigenvalue weighted by Crippen LogP contribution is -2.44. The Morgan fingerprint density at radius 2 is 2.21 bits per heavy atom. The topological polar surface area (TPSA) is 64.3 Å². The van der Waals surface area contributed by atoms with E-state index < -0.39 is 6.04 Å². The number of ether oxygens (including phenoxy) is 1. The predicted octanol–water partition coefficient (Wildman–Crippen LogP) is 1.78. The summed E-state index contributed by atoms with van der Waals surface area (Å²) in [6.07, 6.45) is 1.84. The van der Waals surface area contributed by atoms with Gasteiger partial charge in [0.2, 0.25) is 5.91 Å². The molecule has 2 atom stereocenters. The maximum Gasteiger partial charge on any atom is 0.237 e. The normalized spacial score (nSPS) is 19.1. The van der Waals surface area contributed by atoms with Crippen molar-refractivity contribution in [2.24, 2.45) is 11.7 Å². The number of benzene rings is 1. The fourth-order valence-electron chi connectivity index (χ4n) is 2.53. The van der Waals surface area contributed by atoms with Gasteiger partial charge in [-0.25, -0.2) is 0 Å². The maximum atomic E-state index is 12.0. The molecule has 0 radical (unpaired) electrons. The van der Waals surface area contributed by atoms with Gasteiger partial charge in [-0.05, 0) is 36.0 Å². The number of hydrogen-bond acceptors (Lipinski definition) is 3. The zero-order chi connectivity index (χ0) is 14.0. The van der Waals surface area contributed by atoms with Crippen LogP contribution in [0.2, 0.25) is 0 Å². The number of methoxy groups -OCH3 is 1. The predicted molar refractivity (Wildman–Crippen MR) is 75.0 cm³/mol. The van der Waals surface area contributed by atoms with E-state index in [-0.39, 0.29) is 17.9 Å². The van der Waals surface area contributed by atoms with Crippen molar-refractivity contribution in [1.82, 2.24) is 5.32 Å². The molecule has 3 N–H and O–H groups in total. The van der Waals surface area contributed by atoms with E-state index in [1.54, 1.807) is 7.11 Å². The van der Waals surface area contributed by atoms with Crippen molar-refractivity contribution >= 4 is 5.91 Å². The summed E-state index contributed by atoms with van der Waals surface area (Å²) in [5.41, 5.74) is 8.24. The first kappa shape index (κ1) is 13.9. The minimum Gasteiger partial charge on any atom is -0.496 e. The van der Waals surface area contributed by atoms with Gasteiger partial charge in [-0.3, -0.25) is 4.79 Å². The van der Waals surface area contributed by atoms with Gasteiger partial charge in [0.05, 0.1) is 19.2 Å². The molecule has 4 heteroatoms. The highest BCUT2D eigenvalue weighted by Gasteiger charge is 2.28. The van der Waals surface area contributed by atoms with E-state index in [1.807, 2.05) is 26.0 Å². The number of rotatable bonds is 4. The molecule has 1 aliphatic rings. The number of carbonyl (C=O) groups is 1. The molecule has 104 valence electrons. The van der Waals surface area contributed by atoms with Crippen LogP contribution in [-0.2, 0) is 11.2 Å². The van der Waals surface area contributed by atoms with Crippen molar-refractivity contribution in [3.63, 3.8) is 0 Å². The SMILES string of the molecule is COc1cccc2c1CCC2NC(=O)[C@@H](N)C(C)C. The number of fused-ring (bicyclic) bond motifs is 1. The lowest BCUT2D eigenvalue weighted by molar-refractivity contribution is -0.124. The highest BCUT2D eigenvalue weighted by molar-refractivity contribution is 5.82. The van der Waals surface area contributed by atoms with Crippen molar-refractivity contribution in [2.45, 2.75) is 38.8 Å². The Bertz CT molecular complexity index is 471. The molecular weight excluding hydrogens is 240 g/mol. The molecule has 1 unspecified atom stereocenters. The van der Waals surface area contributed by atoms with Crippen LogP contribution < -0.4 is 15.8 Å². The van der Waals surface area contributed by atoms with E-state index in [1.165, 1.54) is 5.56 Å². The lowest BCUT2D eigenvalue weighted by atomic mass is 10.0.